The van der Waals surface area contributed by atoms with Crippen LogP contribution in [0.4, 0.5) is 4.39 Å². The summed E-state index contributed by atoms with van der Waals surface area (Å²) in [4.78, 5) is 24.0. The summed E-state index contributed by atoms with van der Waals surface area (Å²) in [5.74, 6) is -3.55. The Bertz CT molecular complexity index is 860. The molecule has 2 fully saturated rings. The van der Waals surface area contributed by atoms with E-state index in [9.17, 15) is 30.0 Å². The van der Waals surface area contributed by atoms with Gasteiger partial charge in [-0.05, 0) is 55.2 Å². The number of aliphatic hydroxyl groups excluding tert-OH is 2. The lowest BCUT2D eigenvalue weighted by Crippen LogP contribution is -2.61. The average molecular weight is 422 g/mol. The van der Waals surface area contributed by atoms with Crippen molar-refractivity contribution in [2.45, 2.75) is 65.1 Å². The van der Waals surface area contributed by atoms with Gasteiger partial charge in [0, 0.05) is 22.3 Å². The number of hydrogen-bond acceptors (Lipinski definition) is 5. The Hall–Kier alpha value is -1.99. The second-order valence-electron chi connectivity index (χ2n) is 9.29. The van der Waals surface area contributed by atoms with Crippen molar-refractivity contribution in [1.82, 2.24) is 0 Å². The van der Waals surface area contributed by atoms with Gasteiger partial charge in [0.1, 0.15) is 5.83 Å². The zero-order valence-corrected chi connectivity index (χ0v) is 17.9. The Morgan fingerprint density at radius 3 is 2.50 bits per heavy atom. The molecule has 4 aliphatic rings. The summed E-state index contributed by atoms with van der Waals surface area (Å²) >= 11 is 0. The minimum absolute atomic E-state index is 0.0502. The molecular weight excluding hydrogens is 391 g/mol. The van der Waals surface area contributed by atoms with Crippen LogP contribution in [0.5, 0.6) is 0 Å². The molecule has 0 aliphatic heterocycles. The standard InChI is InChI=1S/C21H25FO6.C2H6/c1-19-7-10(9-23)15(24)6-13(19)14(22)5-11-12-3-4-21(28,18(26)27)20(12,2)8-16(25)17(11)19;1-2/h5-6,9,11-12,16-17,23,25,28H,3-4,7-8H2,1-2H3,(H,26,27);1-2H3/b10-9-;/t11?,12?,16?,17?,19?,20?,21-;/m0./s1. The fourth-order valence-electron chi connectivity index (χ4n) is 6.68. The Kier molecular flexibility index (Phi) is 5.53. The second kappa shape index (κ2) is 7.31. The number of fused-ring (bicyclic) bond motifs is 5. The van der Waals surface area contributed by atoms with Gasteiger partial charge >= 0.3 is 5.97 Å². The molecule has 0 bridgehead atoms. The van der Waals surface area contributed by atoms with Gasteiger partial charge in [-0.25, -0.2) is 9.18 Å². The smallest absolute Gasteiger partial charge is 0.336 e. The van der Waals surface area contributed by atoms with E-state index in [1.54, 1.807) is 13.8 Å². The fraction of sp³-hybridized carbons (Fsp3) is 0.652. The third kappa shape index (κ3) is 2.74. The molecule has 0 amide bonds. The molecule has 0 radical (unpaired) electrons. The van der Waals surface area contributed by atoms with Crippen LogP contribution in [0.25, 0.3) is 0 Å². The van der Waals surface area contributed by atoms with E-state index < -0.39 is 52.0 Å². The van der Waals surface area contributed by atoms with Gasteiger partial charge in [0.05, 0.1) is 12.4 Å². The molecule has 0 aromatic carbocycles. The highest BCUT2D eigenvalue weighted by Crippen LogP contribution is 2.67. The predicted octanol–water partition coefficient (Wildman–Crippen LogP) is 3.46. The van der Waals surface area contributed by atoms with E-state index in [1.807, 2.05) is 13.8 Å². The molecule has 0 heterocycles. The number of hydrogen-bond donors (Lipinski definition) is 4. The highest BCUT2D eigenvalue weighted by molar-refractivity contribution is 6.06. The first kappa shape index (κ1) is 22.7. The Balaban J connectivity index is 0.00000124. The average Bonchev–Trinajstić information content (AvgIpc) is 2.96. The maximum Gasteiger partial charge on any atom is 0.336 e. The lowest BCUT2D eigenvalue weighted by atomic mass is 9.47. The van der Waals surface area contributed by atoms with E-state index >= 15 is 4.39 Å². The maximum atomic E-state index is 15.1. The molecule has 0 aromatic rings. The number of carbonyl (C=O) groups is 2. The number of aliphatic hydroxyl groups is 3. The number of halogens is 1. The van der Waals surface area contributed by atoms with Crippen molar-refractivity contribution in [2.24, 2.45) is 28.6 Å². The third-order valence-corrected chi connectivity index (χ3v) is 8.11. The van der Waals surface area contributed by atoms with Gasteiger partial charge in [0.25, 0.3) is 0 Å². The number of carboxylic acid groups (broad SMARTS) is 1. The predicted molar refractivity (Wildman–Crippen MR) is 108 cm³/mol. The Labute approximate surface area is 175 Å². The molecule has 0 aromatic heterocycles. The summed E-state index contributed by atoms with van der Waals surface area (Å²) in [5, 5.41) is 41.1. The van der Waals surface area contributed by atoms with E-state index in [0.29, 0.717) is 6.42 Å². The molecule has 30 heavy (non-hydrogen) atoms. The minimum Gasteiger partial charge on any atom is -0.515 e. The van der Waals surface area contributed by atoms with Crippen LogP contribution < -0.4 is 0 Å². The zero-order valence-electron chi connectivity index (χ0n) is 17.9. The molecule has 7 heteroatoms. The van der Waals surface area contributed by atoms with Crippen LogP contribution in [0.15, 0.2) is 35.4 Å². The molecule has 6 nitrogen and oxygen atoms in total. The van der Waals surface area contributed by atoms with Crippen LogP contribution in [-0.4, -0.2) is 43.9 Å². The first-order valence-electron chi connectivity index (χ1n) is 10.6. The number of carboxylic acids is 1. The van der Waals surface area contributed by atoms with E-state index in [4.69, 9.17) is 0 Å². The van der Waals surface area contributed by atoms with Gasteiger partial charge in [-0.15, -0.1) is 0 Å². The van der Waals surface area contributed by atoms with Crippen LogP contribution in [0.2, 0.25) is 0 Å². The highest BCUT2D eigenvalue weighted by Gasteiger charge is 2.69. The van der Waals surface area contributed by atoms with Crippen LogP contribution in [-0.2, 0) is 9.59 Å². The summed E-state index contributed by atoms with van der Waals surface area (Å²) in [6, 6.07) is 0. The molecular formula is C23H31FO6. The van der Waals surface area contributed by atoms with E-state index in [0.717, 1.165) is 6.26 Å². The van der Waals surface area contributed by atoms with Crippen molar-refractivity contribution in [3.8, 4) is 0 Å². The van der Waals surface area contributed by atoms with Crippen molar-refractivity contribution in [1.29, 1.82) is 0 Å². The number of aliphatic carboxylic acids is 1. The summed E-state index contributed by atoms with van der Waals surface area (Å²) in [6.45, 7) is 7.45. The normalized spacial score (nSPS) is 46.0. The largest absolute Gasteiger partial charge is 0.515 e. The molecule has 7 atom stereocenters. The summed E-state index contributed by atoms with van der Waals surface area (Å²) < 4.78 is 15.1. The van der Waals surface area contributed by atoms with Crippen molar-refractivity contribution in [2.75, 3.05) is 0 Å². The number of ketones is 1. The number of rotatable bonds is 1. The molecule has 166 valence electrons. The minimum atomic E-state index is -1.97. The lowest BCUT2D eigenvalue weighted by molar-refractivity contribution is -0.188. The van der Waals surface area contributed by atoms with Crippen LogP contribution in [0.1, 0.15) is 53.4 Å². The molecule has 4 aliphatic carbocycles. The molecule has 4 N–H and O–H groups in total. The van der Waals surface area contributed by atoms with Crippen LogP contribution in [0.3, 0.4) is 0 Å². The number of allylic oxidation sites excluding steroid dienone is 5. The SMILES string of the molecule is CC.CC12C/C(=C/O)C(=O)C=C1C(F)=CC1C2C(O)CC2(C)C1CC[C@]2(O)C(=O)O. The third-order valence-electron chi connectivity index (χ3n) is 8.11. The summed E-state index contributed by atoms with van der Waals surface area (Å²) in [6.07, 6.45) is 2.98. The van der Waals surface area contributed by atoms with Gasteiger partial charge in [-0.1, -0.05) is 27.7 Å². The monoisotopic (exact) mass is 422 g/mol. The van der Waals surface area contributed by atoms with Crippen molar-refractivity contribution >= 4 is 11.8 Å². The van der Waals surface area contributed by atoms with E-state index in [-0.39, 0.29) is 36.3 Å². The van der Waals surface area contributed by atoms with Gasteiger partial charge in [-0.2, -0.15) is 0 Å². The first-order chi connectivity index (χ1) is 14.0. The molecule has 0 saturated heterocycles. The van der Waals surface area contributed by atoms with E-state index in [1.165, 1.54) is 12.2 Å². The van der Waals surface area contributed by atoms with Crippen molar-refractivity contribution in [3.63, 3.8) is 0 Å². The van der Waals surface area contributed by atoms with Crippen LogP contribution >= 0.6 is 0 Å². The van der Waals surface area contributed by atoms with Gasteiger partial charge < -0.3 is 20.4 Å². The van der Waals surface area contributed by atoms with Gasteiger partial charge in [-0.3, -0.25) is 4.79 Å². The first-order valence-corrected chi connectivity index (χ1v) is 10.6. The van der Waals surface area contributed by atoms with Crippen molar-refractivity contribution in [3.05, 3.63) is 35.4 Å². The summed E-state index contributed by atoms with van der Waals surface area (Å²) in [7, 11) is 0. The van der Waals surface area contributed by atoms with Gasteiger partial charge in [0.2, 0.25) is 0 Å². The molecule has 6 unspecified atom stereocenters. The molecule has 2 saturated carbocycles. The van der Waals surface area contributed by atoms with E-state index in [2.05, 4.69) is 0 Å². The zero-order chi connectivity index (χ0) is 22.6. The van der Waals surface area contributed by atoms with Crippen molar-refractivity contribution < 1.29 is 34.4 Å². The summed E-state index contributed by atoms with van der Waals surface area (Å²) in [5.41, 5.74) is -3.58. The highest BCUT2D eigenvalue weighted by atomic mass is 19.1. The van der Waals surface area contributed by atoms with Gasteiger partial charge in [0.15, 0.2) is 11.4 Å². The quantitative estimate of drug-likeness (QED) is 0.380. The Morgan fingerprint density at radius 2 is 1.93 bits per heavy atom. The fourth-order valence-corrected chi connectivity index (χ4v) is 6.68. The Morgan fingerprint density at radius 1 is 1.30 bits per heavy atom. The topological polar surface area (TPSA) is 115 Å². The number of carbonyl (C=O) groups excluding carboxylic acids is 1. The maximum absolute atomic E-state index is 15.1. The molecule has 0 spiro atoms. The second-order valence-corrected chi connectivity index (χ2v) is 9.29. The molecule has 4 rings (SSSR count). The lowest BCUT2D eigenvalue weighted by Gasteiger charge is -2.58. The van der Waals surface area contributed by atoms with Crippen LogP contribution in [0, 0.1) is 28.6 Å².